The highest BCUT2D eigenvalue weighted by atomic mass is 32.2. The third-order valence-corrected chi connectivity index (χ3v) is 4.87. The number of ether oxygens (including phenoxy) is 1. The number of thioether (sulfide) groups is 1. The third-order valence-electron chi connectivity index (χ3n) is 3.68. The van der Waals surface area contributed by atoms with Crippen LogP contribution in [0.2, 0.25) is 0 Å². The van der Waals surface area contributed by atoms with Crippen LogP contribution >= 0.6 is 11.8 Å². The summed E-state index contributed by atoms with van der Waals surface area (Å²) in [6, 6.07) is -0.923. The zero-order valence-corrected chi connectivity index (χ0v) is 16.1. The molecule has 0 aromatic heterocycles. The summed E-state index contributed by atoms with van der Waals surface area (Å²) in [6.45, 7) is 3.17. The van der Waals surface area contributed by atoms with Gasteiger partial charge in [0.05, 0.1) is 12.3 Å². The highest BCUT2D eigenvalue weighted by Crippen LogP contribution is 2.37. The molecule has 28 heavy (non-hydrogen) atoms. The Labute approximate surface area is 164 Å². The van der Waals surface area contributed by atoms with Crippen LogP contribution in [0.4, 0.5) is 4.79 Å². The Morgan fingerprint density at radius 2 is 2.14 bits per heavy atom. The number of carbonyl (C=O) groups excluding carboxylic acids is 3. The fourth-order valence-electron chi connectivity index (χ4n) is 2.46. The molecule has 1 saturated heterocycles. The van der Waals surface area contributed by atoms with Gasteiger partial charge in [-0.1, -0.05) is 5.16 Å². The van der Waals surface area contributed by atoms with Gasteiger partial charge in [-0.3, -0.25) is 14.5 Å². The number of β-lactam (4-membered cyclic amide) rings is 1. The number of carboxylic acid groups (broad SMARTS) is 1. The summed E-state index contributed by atoms with van der Waals surface area (Å²) in [5, 5.41) is 18.4. The van der Waals surface area contributed by atoms with Crippen LogP contribution in [-0.2, 0) is 24.0 Å². The molecule has 2 rings (SSSR count). The van der Waals surface area contributed by atoms with Gasteiger partial charge in [0.2, 0.25) is 0 Å². The Kier molecular flexibility index (Phi) is 6.98. The van der Waals surface area contributed by atoms with Crippen molar-refractivity contribution in [3.05, 3.63) is 11.8 Å². The minimum Gasteiger partial charge on any atom is -0.477 e. The highest BCUT2D eigenvalue weighted by Gasteiger charge is 2.53. The van der Waals surface area contributed by atoms with Crippen molar-refractivity contribution >= 4 is 47.1 Å². The average Bonchev–Trinajstić information content (AvgIpc) is 2.67. The molecule has 0 saturated carbocycles. The Morgan fingerprint density at radius 1 is 1.43 bits per heavy atom. The van der Waals surface area contributed by atoms with Crippen LogP contribution in [0, 0.1) is 0 Å². The van der Waals surface area contributed by atoms with E-state index in [1.807, 2.05) is 0 Å². The maximum atomic E-state index is 12.5. The maximum Gasteiger partial charge on any atom is 0.427 e. The number of carbonyl (C=O) groups is 4. The van der Waals surface area contributed by atoms with Crippen LogP contribution in [0.3, 0.4) is 0 Å². The summed E-state index contributed by atoms with van der Waals surface area (Å²) in [6.07, 6.45) is 0.630. The minimum atomic E-state index is -1.21. The van der Waals surface area contributed by atoms with E-state index in [2.05, 4.69) is 30.6 Å². The van der Waals surface area contributed by atoms with E-state index in [1.165, 1.54) is 31.9 Å². The number of rotatable bonds is 7. The number of amides is 3. The molecule has 1 unspecified atom stereocenters. The standard InChI is InChI=1S/C15H19N5O7S/c1-4-27-15(25)18-17-7(2)9(19-26-3)11(21)16-10-12(22)20-8(14(23)24)5-6-28-13(10)20/h5,10,13H,4,6H2,1-3H3,(H,16,21)(H,18,25)(H,23,24)/t10?,13-/m0/s1. The van der Waals surface area contributed by atoms with Gasteiger partial charge in [0, 0.05) is 5.75 Å². The van der Waals surface area contributed by atoms with Crippen molar-refractivity contribution in [2.75, 3.05) is 19.5 Å². The Bertz CT molecular complexity index is 779. The van der Waals surface area contributed by atoms with Gasteiger partial charge in [0.1, 0.15) is 24.2 Å². The first-order valence-corrected chi connectivity index (χ1v) is 9.14. The monoisotopic (exact) mass is 413 g/mol. The molecule has 1 fully saturated rings. The predicted octanol–water partition coefficient (Wildman–Crippen LogP) is -0.521. The number of aliphatic carboxylic acids is 1. The molecule has 12 nitrogen and oxygen atoms in total. The number of fused-ring (bicyclic) bond motifs is 1. The number of hydrogen-bond acceptors (Lipinski definition) is 9. The average molecular weight is 413 g/mol. The Hall–Kier alpha value is -3.09. The van der Waals surface area contributed by atoms with Crippen molar-refractivity contribution in [2.45, 2.75) is 25.3 Å². The lowest BCUT2D eigenvalue weighted by atomic mass is 10.0. The van der Waals surface area contributed by atoms with E-state index in [9.17, 15) is 19.2 Å². The summed E-state index contributed by atoms with van der Waals surface area (Å²) < 4.78 is 4.65. The number of hydrazone groups is 1. The smallest absolute Gasteiger partial charge is 0.427 e. The summed E-state index contributed by atoms with van der Waals surface area (Å²) >= 11 is 1.32. The molecular formula is C15H19N5O7S. The second-order valence-electron chi connectivity index (χ2n) is 5.43. The number of nitrogens with zero attached hydrogens (tertiary/aromatic N) is 3. The number of oxime groups is 1. The molecule has 2 aliphatic rings. The van der Waals surface area contributed by atoms with Gasteiger partial charge in [-0.05, 0) is 19.9 Å². The molecule has 0 aromatic rings. The van der Waals surface area contributed by atoms with Crippen molar-refractivity contribution in [1.29, 1.82) is 0 Å². The first kappa shape index (κ1) is 21.2. The van der Waals surface area contributed by atoms with E-state index in [0.29, 0.717) is 5.75 Å². The molecule has 152 valence electrons. The topological polar surface area (TPSA) is 159 Å². The maximum absolute atomic E-state index is 12.5. The molecular weight excluding hydrogens is 394 g/mol. The molecule has 0 aromatic carbocycles. The third kappa shape index (κ3) is 4.42. The van der Waals surface area contributed by atoms with Gasteiger partial charge in [-0.2, -0.15) is 5.10 Å². The van der Waals surface area contributed by atoms with Crippen LogP contribution in [-0.4, -0.2) is 76.2 Å². The highest BCUT2D eigenvalue weighted by molar-refractivity contribution is 8.00. The van der Waals surface area contributed by atoms with Gasteiger partial charge in [0.15, 0.2) is 5.71 Å². The fourth-order valence-corrected chi connectivity index (χ4v) is 3.65. The van der Waals surface area contributed by atoms with Gasteiger partial charge in [-0.25, -0.2) is 15.0 Å². The van der Waals surface area contributed by atoms with E-state index in [-0.39, 0.29) is 23.7 Å². The minimum absolute atomic E-state index is 0.0125. The first-order chi connectivity index (χ1) is 13.3. The lowest BCUT2D eigenvalue weighted by molar-refractivity contribution is -0.150. The van der Waals surface area contributed by atoms with E-state index in [4.69, 9.17) is 5.11 Å². The van der Waals surface area contributed by atoms with E-state index in [0.717, 1.165) is 4.90 Å². The van der Waals surface area contributed by atoms with Gasteiger partial charge in [0.25, 0.3) is 11.8 Å². The quantitative estimate of drug-likeness (QED) is 0.286. The van der Waals surface area contributed by atoms with Gasteiger partial charge in [-0.15, -0.1) is 11.8 Å². The van der Waals surface area contributed by atoms with Gasteiger partial charge >= 0.3 is 12.1 Å². The molecule has 3 amide bonds. The molecule has 2 atom stereocenters. The van der Waals surface area contributed by atoms with E-state index < -0.39 is 35.3 Å². The Balaban J connectivity index is 2.07. The number of carboxylic acids is 1. The molecule has 3 N–H and O–H groups in total. The summed E-state index contributed by atoms with van der Waals surface area (Å²) in [5.41, 5.74) is 1.73. The Morgan fingerprint density at radius 3 is 2.75 bits per heavy atom. The second-order valence-corrected chi connectivity index (χ2v) is 6.58. The summed E-state index contributed by atoms with van der Waals surface area (Å²) in [4.78, 5) is 53.1. The normalized spacial score (nSPS) is 21.8. The van der Waals surface area contributed by atoms with Crippen LogP contribution in [0.5, 0.6) is 0 Å². The molecule has 0 bridgehead atoms. The van der Waals surface area contributed by atoms with Crippen molar-refractivity contribution in [3.8, 4) is 0 Å². The van der Waals surface area contributed by atoms with Crippen LogP contribution < -0.4 is 10.7 Å². The molecule has 2 heterocycles. The van der Waals surface area contributed by atoms with Crippen LogP contribution in [0.25, 0.3) is 0 Å². The molecule has 0 aliphatic carbocycles. The lowest BCUT2D eigenvalue weighted by Crippen LogP contribution is -2.70. The molecule has 0 radical (unpaired) electrons. The summed E-state index contributed by atoms with van der Waals surface area (Å²) in [7, 11) is 1.22. The molecule has 0 spiro atoms. The van der Waals surface area contributed by atoms with Crippen molar-refractivity contribution < 1.29 is 33.9 Å². The first-order valence-electron chi connectivity index (χ1n) is 8.09. The molecule has 13 heteroatoms. The second kappa shape index (κ2) is 9.21. The number of nitrogens with one attached hydrogen (secondary N) is 2. The lowest BCUT2D eigenvalue weighted by Gasteiger charge is -2.48. The molecule has 2 aliphatic heterocycles. The van der Waals surface area contributed by atoms with E-state index in [1.54, 1.807) is 6.92 Å². The SMILES string of the molecule is CCOC(=O)NN=C(C)C(=NOC)C(=O)NC1C(=O)N2C(C(=O)O)=CCS[C@@H]12. The summed E-state index contributed by atoms with van der Waals surface area (Å²) in [5.74, 6) is -2.13. The van der Waals surface area contributed by atoms with Crippen LogP contribution in [0.15, 0.2) is 22.0 Å². The van der Waals surface area contributed by atoms with Crippen molar-refractivity contribution in [3.63, 3.8) is 0 Å². The van der Waals surface area contributed by atoms with Crippen molar-refractivity contribution in [2.24, 2.45) is 10.3 Å². The van der Waals surface area contributed by atoms with E-state index >= 15 is 0 Å². The number of hydrogen-bond donors (Lipinski definition) is 3. The van der Waals surface area contributed by atoms with Crippen LogP contribution in [0.1, 0.15) is 13.8 Å². The van der Waals surface area contributed by atoms with Crippen molar-refractivity contribution in [1.82, 2.24) is 15.6 Å². The predicted molar refractivity (Wildman–Crippen MR) is 98.5 cm³/mol. The largest absolute Gasteiger partial charge is 0.477 e. The zero-order chi connectivity index (χ0) is 20.8. The zero-order valence-electron chi connectivity index (χ0n) is 15.3. The van der Waals surface area contributed by atoms with Gasteiger partial charge < -0.3 is 20.0 Å². The fraction of sp³-hybridized carbons (Fsp3) is 0.467.